The van der Waals surface area contributed by atoms with Gasteiger partial charge in [-0.05, 0) is 12.1 Å². The number of carbonyl (C=O) groups is 1. The monoisotopic (exact) mass is 260 g/mol. The van der Waals surface area contributed by atoms with E-state index < -0.39 is 0 Å². The van der Waals surface area contributed by atoms with Gasteiger partial charge in [0.2, 0.25) is 5.91 Å². The van der Waals surface area contributed by atoms with Gasteiger partial charge in [0.1, 0.15) is 0 Å². The number of carbonyl (C=O) groups excluding carboxylic acids is 1. The van der Waals surface area contributed by atoms with Gasteiger partial charge in [0.05, 0.1) is 36.5 Å². The van der Waals surface area contributed by atoms with Gasteiger partial charge in [-0.1, -0.05) is 6.07 Å². The second-order valence-electron chi connectivity index (χ2n) is 4.59. The molecule has 3 rings (SSSR count). The Labute approximate surface area is 110 Å². The number of hydrogen-bond donors (Lipinski definition) is 3. The summed E-state index contributed by atoms with van der Waals surface area (Å²) in [6, 6.07) is 5.68. The average Bonchev–Trinajstić information content (AvgIpc) is 2.89. The highest BCUT2D eigenvalue weighted by molar-refractivity contribution is 6.00. The number of aromatic amines is 1. The first-order valence-corrected chi connectivity index (χ1v) is 6.37. The molecular weight excluding hydrogens is 244 g/mol. The molecular formula is C13H16N4O2. The maximum Gasteiger partial charge on any atom is 0.227 e. The largest absolute Gasteiger partial charge is 0.375 e. The molecule has 2 aromatic rings. The van der Waals surface area contributed by atoms with Crippen molar-refractivity contribution in [2.45, 2.75) is 12.5 Å². The molecule has 1 aliphatic rings. The number of nitrogens with zero attached hydrogens (tertiary/aromatic N) is 1. The number of nitrogens with one attached hydrogen (secondary N) is 3. The van der Waals surface area contributed by atoms with Crippen LogP contribution in [0.2, 0.25) is 0 Å². The highest BCUT2D eigenvalue weighted by Crippen LogP contribution is 2.21. The summed E-state index contributed by atoms with van der Waals surface area (Å²) in [6.45, 7) is 2.24. The Kier molecular flexibility index (Phi) is 3.43. The molecule has 6 nitrogen and oxygen atoms in total. The summed E-state index contributed by atoms with van der Waals surface area (Å²) in [7, 11) is 0. The van der Waals surface area contributed by atoms with Crippen molar-refractivity contribution in [1.29, 1.82) is 0 Å². The summed E-state index contributed by atoms with van der Waals surface area (Å²) in [6.07, 6.45) is 2.03. The third kappa shape index (κ3) is 2.74. The topological polar surface area (TPSA) is 79.0 Å². The van der Waals surface area contributed by atoms with E-state index in [1.54, 1.807) is 6.20 Å². The molecule has 1 saturated heterocycles. The van der Waals surface area contributed by atoms with E-state index in [4.69, 9.17) is 4.74 Å². The fourth-order valence-electron chi connectivity index (χ4n) is 2.24. The summed E-state index contributed by atoms with van der Waals surface area (Å²) in [5.74, 6) is -0.0394. The van der Waals surface area contributed by atoms with Crippen molar-refractivity contribution in [3.63, 3.8) is 0 Å². The molecule has 19 heavy (non-hydrogen) atoms. The smallest absolute Gasteiger partial charge is 0.227 e. The van der Waals surface area contributed by atoms with Gasteiger partial charge in [0.25, 0.3) is 0 Å². The number of morpholine rings is 1. The Morgan fingerprint density at radius 1 is 1.53 bits per heavy atom. The van der Waals surface area contributed by atoms with Crippen LogP contribution in [0.25, 0.3) is 10.9 Å². The molecule has 0 spiro atoms. The highest BCUT2D eigenvalue weighted by Gasteiger charge is 2.17. The van der Waals surface area contributed by atoms with Crippen molar-refractivity contribution in [3.8, 4) is 0 Å². The quantitative estimate of drug-likeness (QED) is 0.765. The molecule has 100 valence electrons. The van der Waals surface area contributed by atoms with Crippen LogP contribution >= 0.6 is 0 Å². The van der Waals surface area contributed by atoms with E-state index in [1.807, 2.05) is 18.2 Å². The highest BCUT2D eigenvalue weighted by atomic mass is 16.5. The number of fused-ring (bicyclic) bond motifs is 1. The predicted molar refractivity (Wildman–Crippen MR) is 72.0 cm³/mol. The van der Waals surface area contributed by atoms with E-state index in [2.05, 4.69) is 20.8 Å². The molecule has 1 amide bonds. The number of H-pyrrole nitrogens is 1. The van der Waals surface area contributed by atoms with Crippen LogP contribution in [0.4, 0.5) is 5.69 Å². The zero-order chi connectivity index (χ0) is 13.1. The van der Waals surface area contributed by atoms with E-state index in [0.29, 0.717) is 13.0 Å². The van der Waals surface area contributed by atoms with E-state index in [0.717, 1.165) is 29.7 Å². The lowest BCUT2D eigenvalue weighted by Crippen LogP contribution is -2.40. The van der Waals surface area contributed by atoms with Gasteiger partial charge in [0.15, 0.2) is 0 Å². The molecule has 3 N–H and O–H groups in total. The summed E-state index contributed by atoms with van der Waals surface area (Å²) in [5, 5.41) is 13.9. The molecule has 1 atom stereocenters. The molecule has 0 saturated carbocycles. The summed E-state index contributed by atoms with van der Waals surface area (Å²) in [5.41, 5.74) is 1.69. The van der Waals surface area contributed by atoms with Crippen LogP contribution in [0.3, 0.4) is 0 Å². The molecule has 0 aliphatic carbocycles. The third-order valence-electron chi connectivity index (χ3n) is 3.18. The van der Waals surface area contributed by atoms with Crippen molar-refractivity contribution in [2.24, 2.45) is 0 Å². The van der Waals surface area contributed by atoms with Crippen molar-refractivity contribution in [2.75, 3.05) is 25.0 Å². The van der Waals surface area contributed by atoms with Gasteiger partial charge in [-0.25, -0.2) is 0 Å². The molecule has 1 fully saturated rings. The molecule has 6 heteroatoms. The van der Waals surface area contributed by atoms with E-state index in [1.165, 1.54) is 0 Å². The minimum atomic E-state index is -0.0442. The first kappa shape index (κ1) is 12.1. The van der Waals surface area contributed by atoms with Crippen molar-refractivity contribution in [1.82, 2.24) is 15.5 Å². The van der Waals surface area contributed by atoms with E-state index in [9.17, 15) is 4.79 Å². The van der Waals surface area contributed by atoms with Gasteiger partial charge < -0.3 is 15.4 Å². The minimum absolute atomic E-state index is 0.0394. The lowest BCUT2D eigenvalue weighted by Gasteiger charge is -2.23. The van der Waals surface area contributed by atoms with Crippen molar-refractivity contribution in [3.05, 3.63) is 24.4 Å². The number of aromatic nitrogens is 2. The lowest BCUT2D eigenvalue weighted by molar-refractivity contribution is -0.119. The standard InChI is InChI=1S/C13H16N4O2/c18-13(6-9-7-14-4-5-19-9)16-11-2-1-3-12-10(11)8-15-17-12/h1-3,8-9,14H,4-7H2,(H,15,17)(H,16,18). The van der Waals surface area contributed by atoms with Crippen LogP contribution in [0.15, 0.2) is 24.4 Å². The van der Waals surface area contributed by atoms with Crippen LogP contribution in [0.5, 0.6) is 0 Å². The Morgan fingerprint density at radius 3 is 3.32 bits per heavy atom. The zero-order valence-electron chi connectivity index (χ0n) is 10.5. The normalized spacial score (nSPS) is 19.5. The molecule has 1 aliphatic heterocycles. The van der Waals surface area contributed by atoms with Gasteiger partial charge >= 0.3 is 0 Å². The van der Waals surface area contributed by atoms with Crippen LogP contribution < -0.4 is 10.6 Å². The van der Waals surface area contributed by atoms with Gasteiger partial charge in [0, 0.05) is 18.5 Å². The second-order valence-corrected chi connectivity index (χ2v) is 4.59. The number of amides is 1. The fraction of sp³-hybridized carbons (Fsp3) is 0.385. The van der Waals surface area contributed by atoms with Crippen LogP contribution in [-0.4, -0.2) is 41.9 Å². The van der Waals surface area contributed by atoms with Crippen LogP contribution in [0, 0.1) is 0 Å². The average molecular weight is 260 g/mol. The van der Waals surface area contributed by atoms with E-state index >= 15 is 0 Å². The zero-order valence-corrected chi connectivity index (χ0v) is 10.5. The Hall–Kier alpha value is -1.92. The summed E-state index contributed by atoms with van der Waals surface area (Å²) >= 11 is 0. The van der Waals surface area contributed by atoms with Crippen molar-refractivity contribution >= 4 is 22.5 Å². The number of hydrogen-bond acceptors (Lipinski definition) is 4. The number of rotatable bonds is 3. The molecule has 2 heterocycles. The first-order valence-electron chi connectivity index (χ1n) is 6.37. The molecule has 1 unspecified atom stereocenters. The number of ether oxygens (including phenoxy) is 1. The SMILES string of the molecule is O=C(CC1CNCCO1)Nc1cccc2[nH]ncc12. The molecule has 1 aromatic carbocycles. The van der Waals surface area contributed by atoms with Gasteiger partial charge in [-0.3, -0.25) is 9.89 Å². The van der Waals surface area contributed by atoms with Crippen LogP contribution in [-0.2, 0) is 9.53 Å². The van der Waals surface area contributed by atoms with Gasteiger partial charge in [-0.15, -0.1) is 0 Å². The lowest BCUT2D eigenvalue weighted by atomic mass is 10.2. The van der Waals surface area contributed by atoms with Crippen LogP contribution in [0.1, 0.15) is 6.42 Å². The summed E-state index contributed by atoms with van der Waals surface area (Å²) < 4.78 is 5.52. The second kappa shape index (κ2) is 5.38. The fourth-order valence-corrected chi connectivity index (χ4v) is 2.24. The summed E-state index contributed by atoms with van der Waals surface area (Å²) in [4.78, 5) is 12.0. The molecule has 0 radical (unpaired) electrons. The predicted octanol–water partition coefficient (Wildman–Crippen LogP) is 0.880. The van der Waals surface area contributed by atoms with Gasteiger partial charge in [-0.2, -0.15) is 5.10 Å². The van der Waals surface area contributed by atoms with E-state index in [-0.39, 0.29) is 12.0 Å². The Morgan fingerprint density at radius 2 is 2.47 bits per heavy atom. The molecule has 0 bridgehead atoms. The third-order valence-corrected chi connectivity index (χ3v) is 3.18. The Balaban J connectivity index is 1.67. The Bertz CT molecular complexity index is 575. The molecule has 1 aromatic heterocycles. The first-order chi connectivity index (χ1) is 9.33. The number of anilines is 1. The number of benzene rings is 1. The van der Waals surface area contributed by atoms with Crippen molar-refractivity contribution < 1.29 is 9.53 Å². The minimum Gasteiger partial charge on any atom is -0.375 e. The maximum atomic E-state index is 12.0. The maximum absolute atomic E-state index is 12.0.